The Hall–Kier alpha value is -0.850. The molecule has 1 rings (SSSR count). The lowest BCUT2D eigenvalue weighted by Crippen LogP contribution is -2.25. The second kappa shape index (κ2) is 2.08. The van der Waals surface area contributed by atoms with Crippen LogP contribution in [0.4, 0.5) is 0 Å². The summed E-state index contributed by atoms with van der Waals surface area (Å²) >= 11 is 0. The van der Waals surface area contributed by atoms with Crippen LogP contribution in [0.3, 0.4) is 0 Å². The van der Waals surface area contributed by atoms with Gasteiger partial charge >= 0.3 is 0 Å². The molecular formula is C9H12O. The third-order valence-electron chi connectivity index (χ3n) is 1.81. The van der Waals surface area contributed by atoms with Crippen molar-refractivity contribution in [2.75, 3.05) is 0 Å². The SMILES string of the molecule is C=C1C=CC(=O)C(C)(C)C1. The molecule has 0 fully saturated rings. The van der Waals surface area contributed by atoms with E-state index in [1.54, 1.807) is 12.2 Å². The third kappa shape index (κ3) is 1.18. The zero-order valence-corrected chi connectivity index (χ0v) is 6.48. The van der Waals surface area contributed by atoms with Gasteiger partial charge in [-0.05, 0) is 12.5 Å². The average Bonchev–Trinajstić information content (AvgIpc) is 1.78. The molecule has 0 heterocycles. The van der Waals surface area contributed by atoms with Gasteiger partial charge in [0, 0.05) is 5.41 Å². The average molecular weight is 136 g/mol. The molecule has 0 unspecified atom stereocenters. The Bertz CT molecular complexity index is 209. The minimum absolute atomic E-state index is 0.208. The molecule has 1 heteroatoms. The van der Waals surface area contributed by atoms with Crippen LogP contribution in [0.15, 0.2) is 24.3 Å². The predicted molar refractivity (Wildman–Crippen MR) is 41.7 cm³/mol. The van der Waals surface area contributed by atoms with Crippen molar-refractivity contribution in [3.05, 3.63) is 24.3 Å². The van der Waals surface area contributed by atoms with Gasteiger partial charge in [-0.2, -0.15) is 0 Å². The Kier molecular flexibility index (Phi) is 1.51. The van der Waals surface area contributed by atoms with Crippen LogP contribution in [0, 0.1) is 5.41 Å². The summed E-state index contributed by atoms with van der Waals surface area (Å²) in [4.78, 5) is 11.1. The Morgan fingerprint density at radius 3 is 2.50 bits per heavy atom. The van der Waals surface area contributed by atoms with Crippen LogP contribution in [0.1, 0.15) is 20.3 Å². The molecule has 10 heavy (non-hydrogen) atoms. The van der Waals surface area contributed by atoms with Crippen molar-refractivity contribution in [1.82, 2.24) is 0 Å². The van der Waals surface area contributed by atoms with Gasteiger partial charge in [-0.1, -0.05) is 32.1 Å². The van der Waals surface area contributed by atoms with E-state index in [2.05, 4.69) is 6.58 Å². The van der Waals surface area contributed by atoms with Gasteiger partial charge in [0.1, 0.15) is 0 Å². The van der Waals surface area contributed by atoms with Crippen molar-refractivity contribution in [1.29, 1.82) is 0 Å². The molecular weight excluding hydrogens is 124 g/mol. The predicted octanol–water partition coefficient (Wildman–Crippen LogP) is 2.10. The van der Waals surface area contributed by atoms with Gasteiger partial charge in [-0.15, -0.1) is 0 Å². The molecule has 1 aliphatic rings. The number of hydrogen-bond acceptors (Lipinski definition) is 1. The van der Waals surface area contributed by atoms with E-state index in [0.29, 0.717) is 0 Å². The van der Waals surface area contributed by atoms with Crippen LogP contribution in [0.25, 0.3) is 0 Å². The maximum Gasteiger partial charge on any atom is 0.161 e. The van der Waals surface area contributed by atoms with Gasteiger partial charge in [0.15, 0.2) is 5.78 Å². The minimum atomic E-state index is -0.216. The summed E-state index contributed by atoms with van der Waals surface area (Å²) in [6.07, 6.45) is 4.21. The van der Waals surface area contributed by atoms with Gasteiger partial charge in [0.2, 0.25) is 0 Å². The van der Waals surface area contributed by atoms with Crippen molar-refractivity contribution in [2.24, 2.45) is 5.41 Å². The minimum Gasteiger partial charge on any atom is -0.294 e. The molecule has 0 atom stereocenters. The first-order valence-corrected chi connectivity index (χ1v) is 3.43. The van der Waals surface area contributed by atoms with E-state index in [1.807, 2.05) is 13.8 Å². The van der Waals surface area contributed by atoms with Crippen molar-refractivity contribution in [3.8, 4) is 0 Å². The van der Waals surface area contributed by atoms with E-state index in [4.69, 9.17) is 0 Å². The van der Waals surface area contributed by atoms with E-state index in [1.165, 1.54) is 0 Å². The van der Waals surface area contributed by atoms with Crippen LogP contribution in [-0.4, -0.2) is 5.78 Å². The first-order chi connectivity index (χ1) is 4.52. The summed E-state index contributed by atoms with van der Waals surface area (Å²) in [7, 11) is 0. The lowest BCUT2D eigenvalue weighted by molar-refractivity contribution is -0.122. The molecule has 0 saturated heterocycles. The monoisotopic (exact) mass is 136 g/mol. The number of hydrogen-bond donors (Lipinski definition) is 0. The molecule has 0 aromatic heterocycles. The molecule has 54 valence electrons. The maximum atomic E-state index is 11.1. The Labute approximate surface area is 61.4 Å². The standard InChI is InChI=1S/C9H12O/c1-7-4-5-8(10)9(2,3)6-7/h4-5H,1,6H2,2-3H3. The second-order valence-electron chi connectivity index (χ2n) is 3.42. The molecule has 1 nitrogen and oxygen atoms in total. The third-order valence-corrected chi connectivity index (χ3v) is 1.81. The Morgan fingerprint density at radius 2 is 2.10 bits per heavy atom. The quantitative estimate of drug-likeness (QED) is 0.498. The Morgan fingerprint density at radius 1 is 1.50 bits per heavy atom. The smallest absolute Gasteiger partial charge is 0.161 e. The second-order valence-corrected chi connectivity index (χ2v) is 3.42. The lowest BCUT2D eigenvalue weighted by Gasteiger charge is -2.24. The first kappa shape index (κ1) is 7.26. The molecule has 0 saturated carbocycles. The fraction of sp³-hybridized carbons (Fsp3) is 0.444. The molecule has 0 aromatic rings. The van der Waals surface area contributed by atoms with Crippen LogP contribution >= 0.6 is 0 Å². The topological polar surface area (TPSA) is 17.1 Å². The van der Waals surface area contributed by atoms with Crippen LogP contribution in [0.5, 0.6) is 0 Å². The normalized spacial score (nSPS) is 23.4. The lowest BCUT2D eigenvalue weighted by atomic mass is 9.78. The largest absolute Gasteiger partial charge is 0.294 e. The van der Waals surface area contributed by atoms with Gasteiger partial charge in [-0.3, -0.25) is 4.79 Å². The summed E-state index contributed by atoms with van der Waals surface area (Å²) in [5.74, 6) is 0.208. The highest BCUT2D eigenvalue weighted by Gasteiger charge is 2.28. The highest BCUT2D eigenvalue weighted by atomic mass is 16.1. The molecule has 1 aliphatic carbocycles. The number of ketones is 1. The Balaban J connectivity index is 2.93. The van der Waals surface area contributed by atoms with E-state index in [0.717, 1.165) is 12.0 Å². The molecule has 0 spiro atoms. The van der Waals surface area contributed by atoms with Crippen molar-refractivity contribution in [2.45, 2.75) is 20.3 Å². The van der Waals surface area contributed by atoms with Crippen molar-refractivity contribution < 1.29 is 4.79 Å². The van der Waals surface area contributed by atoms with Gasteiger partial charge < -0.3 is 0 Å². The molecule has 0 radical (unpaired) electrons. The van der Waals surface area contributed by atoms with Crippen molar-refractivity contribution >= 4 is 5.78 Å². The summed E-state index contributed by atoms with van der Waals surface area (Å²) in [6.45, 7) is 7.70. The highest BCUT2D eigenvalue weighted by molar-refractivity contribution is 5.96. The zero-order chi connectivity index (χ0) is 7.78. The molecule has 0 aromatic carbocycles. The first-order valence-electron chi connectivity index (χ1n) is 3.43. The van der Waals surface area contributed by atoms with Gasteiger partial charge in [0.05, 0.1) is 0 Å². The highest BCUT2D eigenvalue weighted by Crippen LogP contribution is 2.30. The van der Waals surface area contributed by atoms with Crippen LogP contribution < -0.4 is 0 Å². The van der Waals surface area contributed by atoms with Crippen molar-refractivity contribution in [3.63, 3.8) is 0 Å². The fourth-order valence-corrected chi connectivity index (χ4v) is 1.13. The number of allylic oxidation sites excluding steroid dienone is 3. The van der Waals surface area contributed by atoms with Gasteiger partial charge in [-0.25, -0.2) is 0 Å². The number of carbonyl (C=O) groups is 1. The van der Waals surface area contributed by atoms with Crippen LogP contribution in [0.2, 0.25) is 0 Å². The molecule has 0 aliphatic heterocycles. The van der Waals surface area contributed by atoms with E-state index in [-0.39, 0.29) is 11.2 Å². The van der Waals surface area contributed by atoms with E-state index < -0.39 is 0 Å². The molecule has 0 bridgehead atoms. The van der Waals surface area contributed by atoms with E-state index in [9.17, 15) is 4.79 Å². The summed E-state index contributed by atoms with van der Waals surface area (Å²) in [5.41, 5.74) is 0.829. The van der Waals surface area contributed by atoms with Crippen LogP contribution in [-0.2, 0) is 4.79 Å². The molecule has 0 N–H and O–H groups in total. The maximum absolute atomic E-state index is 11.1. The number of carbonyl (C=O) groups excluding carboxylic acids is 1. The van der Waals surface area contributed by atoms with E-state index >= 15 is 0 Å². The summed E-state index contributed by atoms with van der Waals surface area (Å²) in [5, 5.41) is 0. The zero-order valence-electron chi connectivity index (χ0n) is 6.48. The fourth-order valence-electron chi connectivity index (χ4n) is 1.13. The summed E-state index contributed by atoms with van der Waals surface area (Å²) in [6, 6.07) is 0. The molecule has 0 amide bonds. The summed E-state index contributed by atoms with van der Waals surface area (Å²) < 4.78 is 0. The number of rotatable bonds is 0. The van der Waals surface area contributed by atoms with Gasteiger partial charge in [0.25, 0.3) is 0 Å².